The molecule has 0 radical (unpaired) electrons. The molecule has 0 unspecified atom stereocenters. The number of benzene rings is 2. The quantitative estimate of drug-likeness (QED) is 0.183. The molecular formula is C35H35F3N12O4. The molecular weight excluding hydrogens is 709 g/mol. The number of aliphatic hydroxyl groups excluding tert-OH is 1. The van der Waals surface area contributed by atoms with Crippen LogP contribution >= 0.6 is 0 Å². The molecule has 2 fully saturated rings. The first-order valence-corrected chi connectivity index (χ1v) is 17.4. The lowest BCUT2D eigenvalue weighted by Crippen LogP contribution is -2.38. The number of hydrogen-bond donors (Lipinski definition) is 2. The van der Waals surface area contributed by atoms with E-state index in [4.69, 9.17) is 19.4 Å². The van der Waals surface area contributed by atoms with Crippen molar-refractivity contribution in [3.63, 3.8) is 0 Å². The Hall–Kier alpha value is -5.95. The van der Waals surface area contributed by atoms with Gasteiger partial charge >= 0.3 is 12.1 Å². The summed E-state index contributed by atoms with van der Waals surface area (Å²) in [6, 6.07) is 20.2. The Morgan fingerprint density at radius 1 is 1.07 bits per heavy atom. The highest BCUT2D eigenvalue weighted by atomic mass is 19.4. The fraction of sp³-hybridized carbons (Fsp3) is 0.371. The number of carbonyl (C=O) groups is 1. The van der Waals surface area contributed by atoms with Crippen molar-refractivity contribution in [2.75, 3.05) is 29.9 Å². The van der Waals surface area contributed by atoms with E-state index in [1.165, 1.54) is 15.7 Å². The molecule has 0 amide bonds. The van der Waals surface area contributed by atoms with Gasteiger partial charge in [-0.3, -0.25) is 4.57 Å². The van der Waals surface area contributed by atoms with Gasteiger partial charge in [0.25, 0.3) is 0 Å². The molecule has 0 aliphatic carbocycles. The predicted octanol–water partition coefficient (Wildman–Crippen LogP) is 3.83. The van der Waals surface area contributed by atoms with E-state index in [-0.39, 0.29) is 23.4 Å². The Bertz CT molecular complexity index is 2160. The first-order chi connectivity index (χ1) is 26.2. The Balaban J connectivity index is 1.18. The van der Waals surface area contributed by atoms with Crippen LogP contribution in [0.1, 0.15) is 54.6 Å². The highest BCUT2D eigenvalue weighted by Gasteiger charge is 2.53. The van der Waals surface area contributed by atoms with Gasteiger partial charge in [0.1, 0.15) is 6.10 Å². The summed E-state index contributed by atoms with van der Waals surface area (Å²) in [4.78, 5) is 33.9. The third-order valence-electron chi connectivity index (χ3n) is 9.65. The number of nitrogens with zero attached hydrogens (tertiary/aromatic N) is 11. The number of rotatable bonds is 11. The number of tetrazole rings is 1. The summed E-state index contributed by atoms with van der Waals surface area (Å²) in [6.07, 6.45) is -4.38. The van der Waals surface area contributed by atoms with Crippen molar-refractivity contribution in [2.24, 2.45) is 0 Å². The van der Waals surface area contributed by atoms with Gasteiger partial charge in [-0.2, -0.15) is 27.9 Å². The Morgan fingerprint density at radius 2 is 1.81 bits per heavy atom. The van der Waals surface area contributed by atoms with Crippen LogP contribution in [-0.2, 0) is 20.8 Å². The minimum atomic E-state index is -5.33. The second kappa shape index (κ2) is 14.5. The SMILES string of the molecule is CCn1nnc([C@H]2O[C@@H](n3cnc4c(NCC(c5ccccc5)c5ccccc5)nc(N5CC[C@@H](n6ccnc6)C5)nc43)[C@H](O)[C@@H]2OC(=O)C(F)(F)F)n1. The summed E-state index contributed by atoms with van der Waals surface area (Å²) >= 11 is 0. The first kappa shape index (κ1) is 35.1. The third kappa shape index (κ3) is 6.82. The van der Waals surface area contributed by atoms with Crippen LogP contribution in [0.15, 0.2) is 85.7 Å². The number of ether oxygens (including phenoxy) is 2. The zero-order valence-corrected chi connectivity index (χ0v) is 28.8. The van der Waals surface area contributed by atoms with Crippen LogP contribution in [0.25, 0.3) is 11.2 Å². The number of halogens is 3. The second-order valence-electron chi connectivity index (χ2n) is 13.0. The minimum absolute atomic E-state index is 0.0748. The van der Waals surface area contributed by atoms with Gasteiger partial charge in [0.2, 0.25) is 11.8 Å². The van der Waals surface area contributed by atoms with Gasteiger partial charge < -0.3 is 29.4 Å². The van der Waals surface area contributed by atoms with Crippen LogP contribution in [0.4, 0.5) is 24.9 Å². The van der Waals surface area contributed by atoms with Gasteiger partial charge in [-0.1, -0.05) is 60.7 Å². The van der Waals surface area contributed by atoms with Gasteiger partial charge in [0.15, 0.2) is 35.4 Å². The van der Waals surface area contributed by atoms with E-state index in [2.05, 4.69) is 55.0 Å². The van der Waals surface area contributed by atoms with Crippen LogP contribution in [0, 0.1) is 0 Å². The number of alkyl halides is 3. The number of nitrogens with one attached hydrogen (secondary N) is 1. The summed E-state index contributed by atoms with van der Waals surface area (Å²) < 4.78 is 54.6. The molecule has 2 aromatic carbocycles. The maximum atomic E-state index is 13.4. The molecule has 16 nitrogen and oxygen atoms in total. The highest BCUT2D eigenvalue weighted by molar-refractivity contribution is 5.84. The highest BCUT2D eigenvalue weighted by Crippen LogP contribution is 2.42. The monoisotopic (exact) mass is 744 g/mol. The lowest BCUT2D eigenvalue weighted by atomic mass is 9.91. The average molecular weight is 745 g/mol. The number of fused-ring (bicyclic) bond motifs is 1. The summed E-state index contributed by atoms with van der Waals surface area (Å²) in [5.74, 6) is -1.98. The summed E-state index contributed by atoms with van der Waals surface area (Å²) in [5.41, 5.74) is 2.70. The lowest BCUT2D eigenvalue weighted by molar-refractivity contribution is -0.210. The summed E-state index contributed by atoms with van der Waals surface area (Å²) in [5, 5.41) is 27.0. The van der Waals surface area contributed by atoms with Gasteiger partial charge in [0.05, 0.1) is 25.2 Å². The van der Waals surface area contributed by atoms with Crippen molar-refractivity contribution in [3.8, 4) is 0 Å². The van der Waals surface area contributed by atoms with Gasteiger partial charge in [-0.15, -0.1) is 10.2 Å². The Kier molecular flexibility index (Phi) is 9.40. The molecule has 2 N–H and O–H groups in total. The van der Waals surface area contributed by atoms with Gasteiger partial charge in [-0.25, -0.2) is 14.8 Å². The normalized spacial score (nSPS) is 21.7. The zero-order valence-electron chi connectivity index (χ0n) is 28.8. The molecule has 19 heteroatoms. The topological polar surface area (TPSA) is 176 Å². The van der Waals surface area contributed by atoms with E-state index in [0.717, 1.165) is 17.5 Å². The summed E-state index contributed by atoms with van der Waals surface area (Å²) in [7, 11) is 0. The lowest BCUT2D eigenvalue weighted by Gasteiger charge is -2.22. The molecule has 54 heavy (non-hydrogen) atoms. The zero-order chi connectivity index (χ0) is 37.4. The van der Waals surface area contributed by atoms with Crippen LogP contribution in [-0.4, -0.2) is 98.4 Å². The molecule has 6 heterocycles. The number of anilines is 2. The van der Waals surface area contributed by atoms with E-state index in [9.17, 15) is 23.1 Å². The van der Waals surface area contributed by atoms with Gasteiger partial charge in [-0.05, 0) is 29.7 Å². The van der Waals surface area contributed by atoms with Crippen LogP contribution in [0.5, 0.6) is 0 Å². The maximum Gasteiger partial charge on any atom is 0.490 e. The molecule has 0 saturated carbocycles. The number of imidazole rings is 2. The smallest absolute Gasteiger partial charge is 0.449 e. The largest absolute Gasteiger partial charge is 0.490 e. The average Bonchev–Trinajstić information content (AvgIpc) is 4.03. The minimum Gasteiger partial charge on any atom is -0.449 e. The van der Waals surface area contributed by atoms with Crippen LogP contribution < -0.4 is 10.2 Å². The van der Waals surface area contributed by atoms with Crippen LogP contribution in [0.2, 0.25) is 0 Å². The van der Waals surface area contributed by atoms with E-state index in [1.807, 2.05) is 52.1 Å². The maximum absolute atomic E-state index is 13.4. The fourth-order valence-corrected chi connectivity index (χ4v) is 6.92. The molecule has 4 aromatic heterocycles. The number of aliphatic hydroxyl groups is 1. The molecule has 8 rings (SSSR count). The van der Waals surface area contributed by atoms with Crippen molar-refractivity contribution in [2.45, 2.75) is 62.6 Å². The predicted molar refractivity (Wildman–Crippen MR) is 185 cm³/mol. The fourth-order valence-electron chi connectivity index (χ4n) is 6.92. The van der Waals surface area contributed by atoms with E-state index in [0.29, 0.717) is 43.5 Å². The molecule has 280 valence electrons. The molecule has 0 bridgehead atoms. The van der Waals surface area contributed by atoms with E-state index < -0.39 is 36.7 Å². The Morgan fingerprint density at radius 3 is 2.46 bits per heavy atom. The molecule has 2 saturated heterocycles. The van der Waals surface area contributed by atoms with Crippen molar-refractivity contribution in [1.82, 2.24) is 49.3 Å². The number of aromatic nitrogens is 10. The third-order valence-corrected chi connectivity index (χ3v) is 9.65. The molecule has 2 aliphatic heterocycles. The van der Waals surface area contributed by atoms with Crippen LogP contribution in [0.3, 0.4) is 0 Å². The summed E-state index contributed by atoms with van der Waals surface area (Å²) in [6.45, 7) is 3.65. The number of carbonyl (C=O) groups excluding carboxylic acids is 1. The molecule has 0 spiro atoms. The number of aryl methyl sites for hydroxylation is 1. The first-order valence-electron chi connectivity index (χ1n) is 17.4. The van der Waals surface area contributed by atoms with Crippen molar-refractivity contribution >= 4 is 28.9 Å². The number of esters is 1. The standard InChI is InChI=1S/C35H35F3N12O4/c1-2-50-45-30(44-46-50)28-27(54-33(52)35(36,37)38)26(51)32(53-28)49-20-41-25-29(40-17-24(21-9-5-3-6-10-21)22-11-7-4-8-12-22)42-34(43-31(25)49)47-15-13-23(18-47)48-16-14-39-19-48/h3-12,14,16,19-20,23-24,26-28,32,51H,2,13,15,17-18H2,1H3,(H,40,42,43)/t23-,26-,27+,28+,32-/m1/s1. The van der Waals surface area contributed by atoms with Crippen molar-refractivity contribution in [1.29, 1.82) is 0 Å². The second-order valence-corrected chi connectivity index (χ2v) is 13.0. The molecule has 5 atom stereocenters. The molecule has 6 aromatic rings. The van der Waals surface area contributed by atoms with E-state index >= 15 is 0 Å². The Labute approximate surface area is 305 Å². The van der Waals surface area contributed by atoms with E-state index in [1.54, 1.807) is 19.4 Å². The van der Waals surface area contributed by atoms with Crippen molar-refractivity contribution in [3.05, 3.63) is 103 Å². The van der Waals surface area contributed by atoms with Gasteiger partial charge in [0, 0.05) is 37.9 Å². The van der Waals surface area contributed by atoms with Crippen molar-refractivity contribution < 1.29 is 32.5 Å². The molecule has 2 aliphatic rings. The number of hydrogen-bond acceptors (Lipinski definition) is 13.